The second kappa shape index (κ2) is 11.7. The molecule has 37 heavy (non-hydrogen) atoms. The lowest BCUT2D eigenvalue weighted by Crippen LogP contribution is -2.49. The number of aryl methyl sites for hydroxylation is 1. The second-order valence-electron chi connectivity index (χ2n) is 9.55. The highest BCUT2D eigenvalue weighted by molar-refractivity contribution is 7.10. The molecule has 5 rings (SSSR count). The number of ether oxygens (including phenoxy) is 2. The summed E-state index contributed by atoms with van der Waals surface area (Å²) < 4.78 is 11.9. The van der Waals surface area contributed by atoms with Gasteiger partial charge in [0.2, 0.25) is 5.91 Å². The summed E-state index contributed by atoms with van der Waals surface area (Å²) in [7, 11) is 0. The molecule has 0 radical (unpaired) electrons. The Morgan fingerprint density at radius 1 is 1.16 bits per heavy atom. The van der Waals surface area contributed by atoms with E-state index < -0.39 is 0 Å². The average molecular weight is 539 g/mol. The van der Waals surface area contributed by atoms with E-state index in [1.165, 1.54) is 4.88 Å². The van der Waals surface area contributed by atoms with Crippen LogP contribution >= 0.6 is 22.9 Å². The lowest BCUT2D eigenvalue weighted by atomic mass is 10.00. The topological polar surface area (TPSA) is 59.1 Å². The van der Waals surface area contributed by atoms with E-state index in [0.717, 1.165) is 30.4 Å². The number of carbonyl (C=O) groups is 2. The smallest absolute Gasteiger partial charge is 0.254 e. The number of thiophene rings is 1. The van der Waals surface area contributed by atoms with Crippen LogP contribution in [0.3, 0.4) is 0 Å². The van der Waals surface area contributed by atoms with Gasteiger partial charge in [0.25, 0.3) is 5.91 Å². The molecule has 1 aromatic heterocycles. The fraction of sp³-hybridized carbons (Fsp3) is 0.379. The maximum absolute atomic E-state index is 13.8. The van der Waals surface area contributed by atoms with E-state index in [2.05, 4.69) is 11.4 Å². The summed E-state index contributed by atoms with van der Waals surface area (Å²) in [6.07, 6.45) is 2.62. The number of amides is 2. The normalized spacial score (nSPS) is 18.9. The first kappa shape index (κ1) is 25.8. The summed E-state index contributed by atoms with van der Waals surface area (Å²) in [6, 6.07) is 16.6. The van der Waals surface area contributed by atoms with Crippen LogP contribution in [0.5, 0.6) is 5.75 Å². The van der Waals surface area contributed by atoms with Crippen molar-refractivity contribution in [2.45, 2.75) is 38.3 Å². The molecule has 0 spiro atoms. The van der Waals surface area contributed by atoms with Gasteiger partial charge in [0.05, 0.1) is 12.1 Å². The predicted molar refractivity (Wildman–Crippen MR) is 145 cm³/mol. The zero-order valence-electron chi connectivity index (χ0n) is 20.9. The molecule has 0 N–H and O–H groups in total. The summed E-state index contributed by atoms with van der Waals surface area (Å²) >= 11 is 7.73. The quantitative estimate of drug-likeness (QED) is 0.378. The molecule has 194 valence electrons. The molecule has 2 unspecified atom stereocenters. The van der Waals surface area contributed by atoms with Crippen LogP contribution in [0.15, 0.2) is 60.0 Å². The molecule has 6 nitrogen and oxygen atoms in total. The number of hydrogen-bond acceptors (Lipinski definition) is 5. The number of fused-ring (bicyclic) bond motifs is 1. The first-order valence-electron chi connectivity index (χ1n) is 12.7. The van der Waals surface area contributed by atoms with Crippen molar-refractivity contribution >= 4 is 34.8 Å². The number of carbonyl (C=O) groups excluding carboxylic acids is 2. The van der Waals surface area contributed by atoms with Crippen LogP contribution in [0.2, 0.25) is 5.02 Å². The number of hydrogen-bond donors (Lipinski definition) is 0. The van der Waals surface area contributed by atoms with Gasteiger partial charge in [-0.3, -0.25) is 9.59 Å². The maximum atomic E-state index is 13.8. The molecule has 2 aromatic carbocycles. The van der Waals surface area contributed by atoms with Crippen LogP contribution in [0.4, 0.5) is 0 Å². The van der Waals surface area contributed by atoms with Crippen molar-refractivity contribution in [3.8, 4) is 5.75 Å². The minimum Gasteiger partial charge on any atom is -0.491 e. The van der Waals surface area contributed by atoms with E-state index in [4.69, 9.17) is 21.1 Å². The Morgan fingerprint density at radius 3 is 2.73 bits per heavy atom. The van der Waals surface area contributed by atoms with Gasteiger partial charge in [0.15, 0.2) is 0 Å². The van der Waals surface area contributed by atoms with E-state index in [1.54, 1.807) is 28.4 Å². The third-order valence-electron chi connectivity index (χ3n) is 7.07. The SMILES string of the molecule is Cc1ccccc1C(=O)N(CC(=O)N1CCc2sccc2C1COc1ccc(Cl)cc1)CC1CCCO1. The highest BCUT2D eigenvalue weighted by Gasteiger charge is 2.34. The Labute approximate surface area is 226 Å². The molecule has 2 amide bonds. The molecule has 2 aliphatic heterocycles. The zero-order valence-corrected chi connectivity index (χ0v) is 22.5. The lowest BCUT2D eigenvalue weighted by molar-refractivity contribution is -0.135. The Kier molecular flexibility index (Phi) is 8.13. The van der Waals surface area contributed by atoms with Gasteiger partial charge in [0, 0.05) is 35.2 Å². The summed E-state index contributed by atoms with van der Waals surface area (Å²) in [6.45, 7) is 3.95. The third-order valence-corrected chi connectivity index (χ3v) is 8.32. The average Bonchev–Trinajstić information content (AvgIpc) is 3.60. The minimum absolute atomic E-state index is 0.00391. The molecule has 1 fully saturated rings. The summed E-state index contributed by atoms with van der Waals surface area (Å²) in [5, 5.41) is 2.71. The molecule has 3 heterocycles. The summed E-state index contributed by atoms with van der Waals surface area (Å²) in [4.78, 5) is 32.3. The summed E-state index contributed by atoms with van der Waals surface area (Å²) in [5.41, 5.74) is 2.64. The van der Waals surface area contributed by atoms with Crippen LogP contribution in [0.25, 0.3) is 0 Å². The highest BCUT2D eigenvalue weighted by atomic mass is 35.5. The first-order chi connectivity index (χ1) is 18.0. The predicted octanol–water partition coefficient (Wildman–Crippen LogP) is 5.54. The maximum Gasteiger partial charge on any atom is 0.254 e. The van der Waals surface area contributed by atoms with Gasteiger partial charge in [-0.05, 0) is 79.1 Å². The van der Waals surface area contributed by atoms with Crippen LogP contribution in [0.1, 0.15) is 45.2 Å². The Hall–Kier alpha value is -2.87. The fourth-order valence-corrected chi connectivity index (χ4v) is 6.13. The van der Waals surface area contributed by atoms with Crippen LogP contribution in [-0.4, -0.2) is 60.6 Å². The van der Waals surface area contributed by atoms with Crippen molar-refractivity contribution in [1.29, 1.82) is 0 Å². The van der Waals surface area contributed by atoms with Gasteiger partial charge in [-0.15, -0.1) is 11.3 Å². The van der Waals surface area contributed by atoms with E-state index in [-0.39, 0.29) is 30.5 Å². The van der Waals surface area contributed by atoms with Gasteiger partial charge in [-0.1, -0.05) is 29.8 Å². The number of rotatable bonds is 8. The standard InChI is InChI=1S/C29H31ClN2O4S/c1-20-5-2-3-7-24(20)29(34)31(17-23-6-4-15-35-23)18-28(33)32-14-12-27-25(13-16-37-27)26(32)19-36-22-10-8-21(30)9-11-22/h2-3,5,7-11,13,16,23,26H,4,6,12,14-15,17-19H2,1H3. The first-order valence-corrected chi connectivity index (χ1v) is 14.0. The molecule has 0 bridgehead atoms. The van der Waals surface area contributed by atoms with Gasteiger partial charge in [0.1, 0.15) is 18.9 Å². The molecule has 3 aromatic rings. The van der Waals surface area contributed by atoms with Crippen LogP contribution in [-0.2, 0) is 16.0 Å². The van der Waals surface area contributed by atoms with Gasteiger partial charge >= 0.3 is 0 Å². The Balaban J connectivity index is 1.36. The largest absolute Gasteiger partial charge is 0.491 e. The fourth-order valence-electron chi connectivity index (χ4n) is 5.07. The monoisotopic (exact) mass is 538 g/mol. The molecule has 2 atom stereocenters. The number of nitrogens with zero attached hydrogens (tertiary/aromatic N) is 2. The minimum atomic E-state index is -0.226. The Bertz CT molecular complexity index is 1240. The Morgan fingerprint density at radius 2 is 1.97 bits per heavy atom. The highest BCUT2D eigenvalue weighted by Crippen LogP contribution is 2.34. The van der Waals surface area contributed by atoms with Gasteiger partial charge in [-0.25, -0.2) is 0 Å². The van der Waals surface area contributed by atoms with Gasteiger partial charge in [-0.2, -0.15) is 0 Å². The molecule has 2 aliphatic rings. The molecular weight excluding hydrogens is 508 g/mol. The van der Waals surface area contributed by atoms with Crippen molar-refractivity contribution in [3.05, 3.63) is 86.6 Å². The number of benzene rings is 2. The third kappa shape index (κ3) is 6.00. The number of halogens is 1. The zero-order chi connectivity index (χ0) is 25.8. The van der Waals surface area contributed by atoms with Crippen LogP contribution in [0, 0.1) is 6.92 Å². The molecular formula is C29H31ClN2O4S. The van der Waals surface area contributed by atoms with Crippen LogP contribution < -0.4 is 4.74 Å². The van der Waals surface area contributed by atoms with Crippen molar-refractivity contribution in [1.82, 2.24) is 9.80 Å². The molecule has 8 heteroatoms. The second-order valence-corrected chi connectivity index (χ2v) is 11.0. The summed E-state index contributed by atoms with van der Waals surface area (Å²) in [5.74, 6) is 0.486. The van der Waals surface area contributed by atoms with Crippen molar-refractivity contribution < 1.29 is 19.1 Å². The van der Waals surface area contributed by atoms with Crippen molar-refractivity contribution in [3.63, 3.8) is 0 Å². The van der Waals surface area contributed by atoms with E-state index >= 15 is 0 Å². The molecule has 0 saturated carbocycles. The van der Waals surface area contributed by atoms with Crippen molar-refractivity contribution in [2.24, 2.45) is 0 Å². The van der Waals surface area contributed by atoms with Gasteiger partial charge < -0.3 is 19.3 Å². The lowest BCUT2D eigenvalue weighted by Gasteiger charge is -2.37. The van der Waals surface area contributed by atoms with E-state index in [0.29, 0.717) is 42.6 Å². The molecule has 0 aliphatic carbocycles. The van der Waals surface area contributed by atoms with E-state index in [1.807, 2.05) is 48.2 Å². The van der Waals surface area contributed by atoms with Crippen molar-refractivity contribution in [2.75, 3.05) is 32.8 Å². The molecule has 1 saturated heterocycles. The van der Waals surface area contributed by atoms with E-state index in [9.17, 15) is 9.59 Å².